The molecule has 0 fully saturated rings. The van der Waals surface area contributed by atoms with Gasteiger partial charge in [0, 0.05) is 5.56 Å². The maximum Gasteiger partial charge on any atom is 0.354 e. The highest BCUT2D eigenvalue weighted by molar-refractivity contribution is 6.42. The zero-order chi connectivity index (χ0) is 13.3. The highest BCUT2D eigenvalue weighted by atomic mass is 35.5. The molecule has 0 atom stereocenters. The van der Waals surface area contributed by atoms with E-state index >= 15 is 0 Å². The molecule has 0 saturated carbocycles. The Hall–Kier alpha value is -1.78. The second-order valence-corrected chi connectivity index (χ2v) is 4.38. The number of benzene rings is 1. The summed E-state index contributed by atoms with van der Waals surface area (Å²) in [4.78, 5) is 14.9. The SMILES string of the molecule is Nc1ccc(C(=O)O)nc1-c1ccc(Cl)c(Cl)c1. The van der Waals surface area contributed by atoms with Gasteiger partial charge < -0.3 is 10.8 Å². The summed E-state index contributed by atoms with van der Waals surface area (Å²) in [6, 6.07) is 7.72. The minimum absolute atomic E-state index is 0.0785. The molecule has 18 heavy (non-hydrogen) atoms. The molecular formula is C12H8Cl2N2O2. The molecule has 2 rings (SSSR count). The predicted octanol–water partition coefficient (Wildman–Crippen LogP) is 3.34. The molecule has 0 aliphatic heterocycles. The van der Waals surface area contributed by atoms with Gasteiger partial charge in [0.2, 0.25) is 0 Å². The monoisotopic (exact) mass is 282 g/mol. The Labute approximate surface area is 113 Å². The highest BCUT2D eigenvalue weighted by Gasteiger charge is 2.11. The first-order valence-corrected chi connectivity index (χ1v) is 5.70. The molecule has 1 aromatic carbocycles. The molecule has 0 spiro atoms. The van der Waals surface area contributed by atoms with Gasteiger partial charge >= 0.3 is 5.97 Å². The van der Waals surface area contributed by atoms with Gasteiger partial charge in [-0.05, 0) is 24.3 Å². The number of aromatic nitrogens is 1. The molecule has 0 aliphatic carbocycles. The number of halogens is 2. The van der Waals surface area contributed by atoms with E-state index in [1.165, 1.54) is 12.1 Å². The Morgan fingerprint density at radius 2 is 1.89 bits per heavy atom. The van der Waals surface area contributed by atoms with Gasteiger partial charge in [-0.3, -0.25) is 0 Å². The molecule has 0 unspecified atom stereocenters. The molecule has 0 radical (unpaired) electrons. The number of carbonyl (C=O) groups is 1. The quantitative estimate of drug-likeness (QED) is 0.886. The van der Waals surface area contributed by atoms with Gasteiger partial charge in [0.05, 0.1) is 21.4 Å². The number of hydrogen-bond acceptors (Lipinski definition) is 3. The molecule has 6 heteroatoms. The van der Waals surface area contributed by atoms with Crippen LogP contribution in [-0.4, -0.2) is 16.1 Å². The summed E-state index contributed by atoms with van der Waals surface area (Å²) in [7, 11) is 0. The molecule has 1 heterocycles. The van der Waals surface area contributed by atoms with E-state index in [9.17, 15) is 4.79 Å². The molecule has 0 bridgehead atoms. The lowest BCUT2D eigenvalue weighted by Gasteiger charge is -2.07. The number of aromatic carboxylic acids is 1. The molecule has 0 saturated heterocycles. The van der Waals surface area contributed by atoms with Crippen LogP contribution in [0.3, 0.4) is 0 Å². The fourth-order valence-electron chi connectivity index (χ4n) is 1.46. The zero-order valence-corrected chi connectivity index (χ0v) is 10.5. The Morgan fingerprint density at radius 1 is 1.17 bits per heavy atom. The summed E-state index contributed by atoms with van der Waals surface area (Å²) in [5.41, 5.74) is 7.06. The normalized spacial score (nSPS) is 10.3. The number of carboxylic acid groups (broad SMARTS) is 1. The van der Waals surface area contributed by atoms with Gasteiger partial charge in [0.25, 0.3) is 0 Å². The second-order valence-electron chi connectivity index (χ2n) is 3.57. The van der Waals surface area contributed by atoms with Crippen LogP contribution in [0.5, 0.6) is 0 Å². The molecular weight excluding hydrogens is 275 g/mol. The van der Waals surface area contributed by atoms with Crippen molar-refractivity contribution in [3.63, 3.8) is 0 Å². The van der Waals surface area contributed by atoms with Gasteiger partial charge in [-0.1, -0.05) is 29.3 Å². The average molecular weight is 283 g/mol. The number of anilines is 1. The molecule has 1 aromatic heterocycles. The Balaban J connectivity index is 2.58. The fraction of sp³-hybridized carbons (Fsp3) is 0. The minimum atomic E-state index is -1.11. The summed E-state index contributed by atoms with van der Waals surface area (Å²) in [5, 5.41) is 9.66. The van der Waals surface area contributed by atoms with E-state index in [1.54, 1.807) is 18.2 Å². The Kier molecular flexibility index (Phi) is 3.41. The maximum atomic E-state index is 10.9. The van der Waals surface area contributed by atoms with Gasteiger partial charge in [0.1, 0.15) is 5.69 Å². The number of pyridine rings is 1. The number of hydrogen-bond donors (Lipinski definition) is 2. The first-order valence-electron chi connectivity index (χ1n) is 4.94. The largest absolute Gasteiger partial charge is 0.477 e. The first kappa shape index (κ1) is 12.7. The molecule has 0 aliphatic rings. The zero-order valence-electron chi connectivity index (χ0n) is 9.02. The van der Waals surface area contributed by atoms with Crippen molar-refractivity contribution < 1.29 is 9.90 Å². The lowest BCUT2D eigenvalue weighted by Crippen LogP contribution is -2.03. The molecule has 2 aromatic rings. The highest BCUT2D eigenvalue weighted by Crippen LogP contribution is 2.30. The standard InChI is InChI=1S/C12H8Cl2N2O2/c13-7-2-1-6(5-8(7)14)11-9(15)3-4-10(16-11)12(17)18/h1-5H,15H2,(H,17,18). The van der Waals surface area contributed by atoms with Crippen molar-refractivity contribution in [2.45, 2.75) is 0 Å². The van der Waals surface area contributed by atoms with Crippen LogP contribution < -0.4 is 5.73 Å². The van der Waals surface area contributed by atoms with Gasteiger partial charge in [-0.25, -0.2) is 9.78 Å². The van der Waals surface area contributed by atoms with Crippen LogP contribution in [0.4, 0.5) is 5.69 Å². The smallest absolute Gasteiger partial charge is 0.354 e. The summed E-state index contributed by atoms with van der Waals surface area (Å²) in [6.07, 6.45) is 0. The number of nitrogens with zero attached hydrogens (tertiary/aromatic N) is 1. The topological polar surface area (TPSA) is 76.2 Å². The molecule has 3 N–H and O–H groups in total. The van der Waals surface area contributed by atoms with Crippen molar-refractivity contribution in [3.05, 3.63) is 46.1 Å². The van der Waals surface area contributed by atoms with E-state index in [1.807, 2.05) is 0 Å². The Morgan fingerprint density at radius 3 is 2.50 bits per heavy atom. The van der Waals surface area contributed by atoms with E-state index < -0.39 is 5.97 Å². The first-order chi connectivity index (χ1) is 8.49. The third-order valence-electron chi connectivity index (χ3n) is 2.34. The molecule has 4 nitrogen and oxygen atoms in total. The third-order valence-corrected chi connectivity index (χ3v) is 3.08. The maximum absolute atomic E-state index is 10.9. The number of rotatable bonds is 2. The average Bonchev–Trinajstić information content (AvgIpc) is 2.33. The molecule has 92 valence electrons. The van der Waals surface area contributed by atoms with Crippen molar-refractivity contribution in [2.75, 3.05) is 5.73 Å². The van der Waals surface area contributed by atoms with E-state index in [-0.39, 0.29) is 5.69 Å². The second kappa shape index (κ2) is 4.84. The van der Waals surface area contributed by atoms with Crippen LogP contribution in [0.15, 0.2) is 30.3 Å². The van der Waals surface area contributed by atoms with Crippen LogP contribution >= 0.6 is 23.2 Å². The number of nitrogen functional groups attached to an aromatic ring is 1. The summed E-state index contributed by atoms with van der Waals surface area (Å²) in [5.74, 6) is -1.11. The van der Waals surface area contributed by atoms with Gasteiger partial charge in [-0.15, -0.1) is 0 Å². The van der Waals surface area contributed by atoms with Crippen LogP contribution in [0.2, 0.25) is 10.0 Å². The molecule has 0 amide bonds. The van der Waals surface area contributed by atoms with E-state index in [2.05, 4.69) is 4.98 Å². The van der Waals surface area contributed by atoms with E-state index in [4.69, 9.17) is 34.0 Å². The summed E-state index contributed by atoms with van der Waals surface area (Å²) >= 11 is 11.7. The lowest BCUT2D eigenvalue weighted by atomic mass is 10.1. The predicted molar refractivity (Wildman–Crippen MR) is 71.1 cm³/mol. The van der Waals surface area contributed by atoms with Crippen molar-refractivity contribution >= 4 is 34.9 Å². The van der Waals surface area contributed by atoms with Crippen molar-refractivity contribution in [1.82, 2.24) is 4.98 Å². The number of carboxylic acids is 1. The Bertz CT molecular complexity index is 629. The summed E-state index contributed by atoms with van der Waals surface area (Å²) in [6.45, 7) is 0. The van der Waals surface area contributed by atoms with Crippen LogP contribution in [-0.2, 0) is 0 Å². The lowest BCUT2D eigenvalue weighted by molar-refractivity contribution is 0.0690. The van der Waals surface area contributed by atoms with Gasteiger partial charge in [-0.2, -0.15) is 0 Å². The summed E-state index contributed by atoms with van der Waals surface area (Å²) < 4.78 is 0. The third kappa shape index (κ3) is 2.39. The van der Waals surface area contributed by atoms with Crippen molar-refractivity contribution in [2.24, 2.45) is 0 Å². The van der Waals surface area contributed by atoms with Crippen molar-refractivity contribution in [3.8, 4) is 11.3 Å². The number of nitrogens with two attached hydrogens (primary N) is 1. The van der Waals surface area contributed by atoms with Crippen LogP contribution in [0.25, 0.3) is 11.3 Å². The minimum Gasteiger partial charge on any atom is -0.477 e. The van der Waals surface area contributed by atoms with Crippen molar-refractivity contribution in [1.29, 1.82) is 0 Å². The van der Waals surface area contributed by atoms with E-state index in [0.29, 0.717) is 27.0 Å². The van der Waals surface area contributed by atoms with Gasteiger partial charge in [0.15, 0.2) is 0 Å². The fourth-order valence-corrected chi connectivity index (χ4v) is 1.76. The van der Waals surface area contributed by atoms with E-state index in [0.717, 1.165) is 0 Å². The van der Waals surface area contributed by atoms with Crippen LogP contribution in [0, 0.1) is 0 Å². The van der Waals surface area contributed by atoms with Crippen LogP contribution in [0.1, 0.15) is 10.5 Å².